The summed E-state index contributed by atoms with van der Waals surface area (Å²) in [5.41, 5.74) is 13.0. The van der Waals surface area contributed by atoms with E-state index in [0.29, 0.717) is 5.92 Å². The second kappa shape index (κ2) is 14.3. The first kappa shape index (κ1) is 31.3. The van der Waals surface area contributed by atoms with Gasteiger partial charge in [0.15, 0.2) is 6.29 Å². The average molecular weight is 649 g/mol. The summed E-state index contributed by atoms with van der Waals surface area (Å²) in [7, 11) is 0. The number of amidine groups is 1. The average Bonchev–Trinajstić information content (AvgIpc) is 3.19. The van der Waals surface area contributed by atoms with E-state index in [1.807, 2.05) is 12.1 Å². The van der Waals surface area contributed by atoms with Gasteiger partial charge in [0.05, 0.1) is 0 Å². The van der Waals surface area contributed by atoms with Gasteiger partial charge < -0.3 is 10.6 Å². The Kier molecular flexibility index (Phi) is 8.92. The molecular formula is C46H40N4. The predicted molar refractivity (Wildman–Crippen MR) is 208 cm³/mol. The molecule has 50 heavy (non-hydrogen) atoms. The Morgan fingerprint density at radius 2 is 1.14 bits per heavy atom. The maximum absolute atomic E-state index is 5.10. The molecule has 1 aliphatic heterocycles. The minimum Gasteiger partial charge on any atom is -0.356 e. The van der Waals surface area contributed by atoms with Gasteiger partial charge in [-0.15, -0.1) is 0 Å². The highest BCUT2D eigenvalue weighted by Crippen LogP contribution is 2.38. The first-order valence-electron chi connectivity index (χ1n) is 17.4. The molecule has 0 radical (unpaired) electrons. The van der Waals surface area contributed by atoms with Crippen LogP contribution < -0.4 is 16.0 Å². The summed E-state index contributed by atoms with van der Waals surface area (Å²) in [6, 6.07) is 57.9. The minimum absolute atomic E-state index is 0.198. The van der Waals surface area contributed by atoms with Crippen molar-refractivity contribution in [3.05, 3.63) is 198 Å². The normalized spacial score (nSPS) is 18.7. The quantitative estimate of drug-likeness (QED) is 0.154. The molecule has 0 spiro atoms. The van der Waals surface area contributed by atoms with Crippen molar-refractivity contribution in [1.82, 2.24) is 16.0 Å². The summed E-state index contributed by atoms with van der Waals surface area (Å²) >= 11 is 0. The Hall–Kier alpha value is -5.97. The number of nitrogens with zero attached hydrogens (tertiary/aromatic N) is 1. The van der Waals surface area contributed by atoms with Gasteiger partial charge in [-0.2, -0.15) is 0 Å². The summed E-state index contributed by atoms with van der Waals surface area (Å²) in [5.74, 6) is 1.27. The van der Waals surface area contributed by atoms with E-state index < -0.39 is 0 Å². The minimum atomic E-state index is -0.239. The summed E-state index contributed by atoms with van der Waals surface area (Å²) in [6.45, 7) is 2.28. The Morgan fingerprint density at radius 1 is 0.560 bits per heavy atom. The number of benzene rings is 6. The second-order valence-corrected chi connectivity index (χ2v) is 13.1. The Labute approximate surface area is 295 Å². The van der Waals surface area contributed by atoms with Crippen molar-refractivity contribution < 1.29 is 0 Å². The van der Waals surface area contributed by atoms with E-state index in [1.165, 1.54) is 50.2 Å². The van der Waals surface area contributed by atoms with Crippen molar-refractivity contribution >= 4 is 11.4 Å². The number of hydrogen-bond acceptors (Lipinski definition) is 4. The summed E-state index contributed by atoms with van der Waals surface area (Å²) < 4.78 is 0. The van der Waals surface area contributed by atoms with Crippen molar-refractivity contribution in [1.29, 1.82) is 0 Å². The van der Waals surface area contributed by atoms with E-state index in [1.54, 1.807) is 0 Å². The van der Waals surface area contributed by atoms with Gasteiger partial charge in [-0.1, -0.05) is 171 Å². The monoisotopic (exact) mass is 648 g/mol. The van der Waals surface area contributed by atoms with Crippen molar-refractivity contribution in [3.63, 3.8) is 0 Å². The Bertz CT molecular complexity index is 2170. The Balaban J connectivity index is 1.19. The lowest BCUT2D eigenvalue weighted by Crippen LogP contribution is -2.58. The zero-order valence-electron chi connectivity index (χ0n) is 28.1. The van der Waals surface area contributed by atoms with Crippen LogP contribution in [0.5, 0.6) is 0 Å². The number of allylic oxidation sites excluding steroid dienone is 4. The van der Waals surface area contributed by atoms with Crippen molar-refractivity contribution in [2.24, 2.45) is 10.9 Å². The molecule has 1 aliphatic carbocycles. The van der Waals surface area contributed by atoms with Crippen LogP contribution in [0.25, 0.3) is 39.0 Å². The van der Waals surface area contributed by atoms with Crippen LogP contribution in [0.3, 0.4) is 0 Å². The van der Waals surface area contributed by atoms with Crippen molar-refractivity contribution in [2.75, 3.05) is 0 Å². The molecule has 0 saturated heterocycles. The maximum atomic E-state index is 5.10. The van der Waals surface area contributed by atoms with Crippen LogP contribution in [0, 0.1) is 5.92 Å². The van der Waals surface area contributed by atoms with E-state index in [9.17, 15) is 0 Å². The van der Waals surface area contributed by atoms with E-state index in [4.69, 9.17) is 4.99 Å². The predicted octanol–water partition coefficient (Wildman–Crippen LogP) is 10.2. The van der Waals surface area contributed by atoms with Crippen LogP contribution in [0.4, 0.5) is 0 Å². The lowest BCUT2D eigenvalue weighted by Gasteiger charge is -2.35. The molecule has 2 aliphatic rings. The second-order valence-electron chi connectivity index (χ2n) is 13.1. The van der Waals surface area contributed by atoms with Crippen LogP contribution in [0.1, 0.15) is 36.2 Å². The fourth-order valence-corrected chi connectivity index (χ4v) is 6.93. The summed E-state index contributed by atoms with van der Waals surface area (Å²) in [5, 5.41) is 11.3. The lowest BCUT2D eigenvalue weighted by molar-refractivity contribution is 0.356. The molecule has 8 rings (SSSR count). The number of aliphatic imine (C=N–C) groups is 1. The third-order valence-electron chi connectivity index (χ3n) is 9.49. The standard InChI is InChI=1S/C46H40N4/c1-32-25-27-41(43(29-32)47-46-49-44(35-19-10-4-11-20-35)48-45(50-46)36-21-12-5-13-22-36)40-28-26-39(31-42(40)34-17-8-3-9-18-34)38-24-14-23-37(30-38)33-15-6-2-7-16-33/h2-28,30-32,44,46-47,49H,29H2,1H3,(H,48,50). The molecule has 0 bridgehead atoms. The first-order valence-corrected chi connectivity index (χ1v) is 17.4. The van der Waals surface area contributed by atoms with Crippen LogP contribution >= 0.6 is 0 Å². The van der Waals surface area contributed by atoms with Gasteiger partial charge in [0.25, 0.3) is 0 Å². The fraction of sp³-hybridized carbons (Fsp3) is 0.109. The Morgan fingerprint density at radius 3 is 1.84 bits per heavy atom. The maximum Gasteiger partial charge on any atom is 0.155 e. The van der Waals surface area contributed by atoms with E-state index in [0.717, 1.165) is 23.4 Å². The zero-order valence-corrected chi connectivity index (χ0v) is 28.1. The number of hydrogen-bond donors (Lipinski definition) is 3. The third kappa shape index (κ3) is 6.80. The molecule has 0 amide bonds. The van der Waals surface area contributed by atoms with Gasteiger partial charge in [0.1, 0.15) is 12.0 Å². The molecule has 3 unspecified atom stereocenters. The van der Waals surface area contributed by atoms with Crippen LogP contribution in [-0.2, 0) is 0 Å². The molecule has 6 aromatic carbocycles. The first-order chi connectivity index (χ1) is 24.7. The topological polar surface area (TPSA) is 48.5 Å². The molecule has 1 heterocycles. The fourth-order valence-electron chi connectivity index (χ4n) is 6.93. The highest BCUT2D eigenvalue weighted by molar-refractivity contribution is 5.99. The van der Waals surface area contributed by atoms with Crippen LogP contribution in [0.2, 0.25) is 0 Å². The van der Waals surface area contributed by atoms with Gasteiger partial charge in [-0.05, 0) is 69.0 Å². The van der Waals surface area contributed by atoms with Crippen LogP contribution in [-0.4, -0.2) is 12.1 Å². The van der Waals surface area contributed by atoms with E-state index >= 15 is 0 Å². The lowest BCUT2D eigenvalue weighted by atomic mass is 9.85. The summed E-state index contributed by atoms with van der Waals surface area (Å²) in [4.78, 5) is 5.10. The molecule has 0 aromatic heterocycles. The number of nitrogens with one attached hydrogen (secondary N) is 3. The van der Waals surface area contributed by atoms with Gasteiger partial charge in [-0.3, -0.25) is 5.32 Å². The zero-order chi connectivity index (χ0) is 33.7. The van der Waals surface area contributed by atoms with Crippen molar-refractivity contribution in [2.45, 2.75) is 25.8 Å². The molecule has 6 aromatic rings. The molecule has 4 heteroatoms. The number of rotatable bonds is 8. The van der Waals surface area contributed by atoms with Gasteiger partial charge in [0, 0.05) is 16.8 Å². The molecule has 4 nitrogen and oxygen atoms in total. The summed E-state index contributed by atoms with van der Waals surface area (Å²) in [6.07, 6.45) is 5.10. The van der Waals surface area contributed by atoms with Crippen molar-refractivity contribution in [3.8, 4) is 33.4 Å². The molecule has 244 valence electrons. The SMILES string of the molecule is CC1C=CC(c2ccc(-c3cccc(-c4ccccc4)c3)cc2-c2ccccc2)=C(NC2NC(c3ccccc3)=NC(c3ccccc3)N2)C1. The highest BCUT2D eigenvalue weighted by Gasteiger charge is 2.27. The van der Waals surface area contributed by atoms with Gasteiger partial charge in [-0.25, -0.2) is 4.99 Å². The van der Waals surface area contributed by atoms with Gasteiger partial charge >= 0.3 is 0 Å². The molecule has 3 N–H and O–H groups in total. The highest BCUT2D eigenvalue weighted by atomic mass is 15.4. The van der Waals surface area contributed by atoms with Gasteiger partial charge in [0.2, 0.25) is 0 Å². The van der Waals surface area contributed by atoms with E-state index in [2.05, 4.69) is 187 Å². The molecule has 3 atom stereocenters. The molecule has 0 fully saturated rings. The molecule has 0 saturated carbocycles. The van der Waals surface area contributed by atoms with Crippen LogP contribution in [0.15, 0.2) is 187 Å². The molecular weight excluding hydrogens is 609 g/mol. The largest absolute Gasteiger partial charge is 0.356 e. The van der Waals surface area contributed by atoms with E-state index in [-0.39, 0.29) is 12.5 Å². The smallest absolute Gasteiger partial charge is 0.155 e. The third-order valence-corrected chi connectivity index (χ3v) is 9.49.